The number of Topliss-reactive ketones (excluding diaryl/α,β-unsaturated/α-hetero) is 1. The van der Waals surface area contributed by atoms with Crippen LogP contribution in [0.4, 0.5) is 0 Å². The topological polar surface area (TPSA) is 26.3 Å². The minimum Gasteiger partial charge on any atom is -0.490 e. The van der Waals surface area contributed by atoms with Crippen LogP contribution in [0.15, 0.2) is 23.5 Å². The molecule has 2 rings (SSSR count). The summed E-state index contributed by atoms with van der Waals surface area (Å²) in [6, 6.07) is 0. The van der Waals surface area contributed by atoms with Crippen molar-refractivity contribution in [3.63, 3.8) is 0 Å². The number of carbonyl (C=O) groups is 1. The van der Waals surface area contributed by atoms with E-state index >= 15 is 0 Å². The molecule has 2 heteroatoms. The molecule has 88 valence electrons. The van der Waals surface area contributed by atoms with Gasteiger partial charge in [0.25, 0.3) is 0 Å². The van der Waals surface area contributed by atoms with Gasteiger partial charge < -0.3 is 4.74 Å². The molecule has 1 aliphatic heterocycles. The first-order valence-electron chi connectivity index (χ1n) is 6.42. The highest BCUT2D eigenvalue weighted by Crippen LogP contribution is 2.29. The highest BCUT2D eigenvalue weighted by molar-refractivity contribution is 5.99. The lowest BCUT2D eigenvalue weighted by molar-refractivity contribution is -0.116. The summed E-state index contributed by atoms with van der Waals surface area (Å²) in [4.78, 5) is 11.6. The van der Waals surface area contributed by atoms with Crippen molar-refractivity contribution in [3.8, 4) is 0 Å². The first kappa shape index (κ1) is 11.4. The van der Waals surface area contributed by atoms with E-state index in [4.69, 9.17) is 4.74 Å². The van der Waals surface area contributed by atoms with E-state index in [-0.39, 0.29) is 11.9 Å². The van der Waals surface area contributed by atoms with Gasteiger partial charge in [-0.3, -0.25) is 4.79 Å². The Hall–Kier alpha value is -1.05. The molecule has 1 atom stereocenters. The van der Waals surface area contributed by atoms with Gasteiger partial charge in [0.2, 0.25) is 0 Å². The van der Waals surface area contributed by atoms with Crippen LogP contribution in [0.2, 0.25) is 0 Å². The lowest BCUT2D eigenvalue weighted by Crippen LogP contribution is -2.20. The van der Waals surface area contributed by atoms with Gasteiger partial charge in [-0.05, 0) is 31.4 Å². The summed E-state index contributed by atoms with van der Waals surface area (Å²) in [6.45, 7) is 2.21. The van der Waals surface area contributed by atoms with Crippen molar-refractivity contribution in [2.75, 3.05) is 0 Å². The fraction of sp³-hybridized carbons (Fsp3) is 0.643. The van der Waals surface area contributed by atoms with Crippen molar-refractivity contribution >= 4 is 5.78 Å². The maximum atomic E-state index is 11.6. The summed E-state index contributed by atoms with van der Waals surface area (Å²) in [5.74, 6) is 1.20. The third-order valence-electron chi connectivity index (χ3n) is 3.27. The molecule has 1 heterocycles. The number of ether oxygens (including phenoxy) is 1. The van der Waals surface area contributed by atoms with E-state index in [1.807, 2.05) is 6.08 Å². The van der Waals surface area contributed by atoms with Gasteiger partial charge in [0.05, 0.1) is 5.57 Å². The number of allylic oxidation sites excluding steroid dienone is 3. The molecule has 2 aliphatic rings. The molecular weight excluding hydrogens is 200 g/mol. The molecule has 0 aromatic heterocycles. The Labute approximate surface area is 97.4 Å². The molecular formula is C14H20O2. The standard InChI is InChI=1S/C14H20O2/c1-2-3-4-6-11-9-10-12-13(15)7-5-8-14(12)16-11/h9-11H,2-8H2,1H3. The van der Waals surface area contributed by atoms with Gasteiger partial charge >= 0.3 is 0 Å². The lowest BCUT2D eigenvalue weighted by Gasteiger charge is -2.26. The second kappa shape index (κ2) is 5.33. The van der Waals surface area contributed by atoms with Gasteiger partial charge in [0.1, 0.15) is 11.9 Å². The first-order valence-corrected chi connectivity index (χ1v) is 6.42. The number of carbonyl (C=O) groups excluding carboxylic acids is 1. The second-order valence-electron chi connectivity index (χ2n) is 4.62. The Morgan fingerprint density at radius 2 is 2.25 bits per heavy atom. The minimum atomic E-state index is 0.205. The SMILES string of the molecule is CCCCCC1C=CC2=C(CCCC2=O)O1. The van der Waals surface area contributed by atoms with Crippen molar-refractivity contribution in [2.24, 2.45) is 0 Å². The molecule has 0 bridgehead atoms. The Morgan fingerprint density at radius 1 is 1.38 bits per heavy atom. The molecule has 0 saturated heterocycles. The number of hydrogen-bond acceptors (Lipinski definition) is 2. The Balaban J connectivity index is 1.92. The Bertz CT molecular complexity index is 326. The predicted octanol–water partition coefficient (Wildman–Crippen LogP) is 3.53. The second-order valence-corrected chi connectivity index (χ2v) is 4.62. The van der Waals surface area contributed by atoms with Gasteiger partial charge in [0.15, 0.2) is 5.78 Å². The van der Waals surface area contributed by atoms with Crippen molar-refractivity contribution in [1.29, 1.82) is 0 Å². The van der Waals surface area contributed by atoms with E-state index in [9.17, 15) is 4.79 Å². The smallest absolute Gasteiger partial charge is 0.166 e. The van der Waals surface area contributed by atoms with Gasteiger partial charge in [-0.2, -0.15) is 0 Å². The van der Waals surface area contributed by atoms with Gasteiger partial charge in [-0.25, -0.2) is 0 Å². The number of unbranched alkanes of at least 4 members (excludes halogenated alkanes) is 2. The molecule has 0 saturated carbocycles. The number of ketones is 1. The maximum absolute atomic E-state index is 11.6. The summed E-state index contributed by atoms with van der Waals surface area (Å²) in [6.07, 6.45) is 11.6. The van der Waals surface area contributed by atoms with Crippen LogP contribution in [0.1, 0.15) is 51.9 Å². The molecule has 0 aromatic carbocycles. The Kier molecular flexibility index (Phi) is 3.81. The van der Waals surface area contributed by atoms with Crippen molar-refractivity contribution in [3.05, 3.63) is 23.5 Å². The van der Waals surface area contributed by atoms with Crippen LogP contribution >= 0.6 is 0 Å². The maximum Gasteiger partial charge on any atom is 0.166 e. The fourth-order valence-corrected chi connectivity index (χ4v) is 2.32. The van der Waals surface area contributed by atoms with Crippen LogP contribution in [0, 0.1) is 0 Å². The molecule has 0 spiro atoms. The van der Waals surface area contributed by atoms with Crippen molar-refractivity contribution in [2.45, 2.75) is 58.0 Å². The zero-order valence-electron chi connectivity index (χ0n) is 10.00. The van der Waals surface area contributed by atoms with Crippen LogP contribution in [-0.4, -0.2) is 11.9 Å². The third kappa shape index (κ3) is 2.55. The average Bonchev–Trinajstić information content (AvgIpc) is 2.30. The summed E-state index contributed by atoms with van der Waals surface area (Å²) in [5, 5.41) is 0. The van der Waals surface area contributed by atoms with Gasteiger partial charge in [0, 0.05) is 12.8 Å². The lowest BCUT2D eigenvalue weighted by atomic mass is 9.93. The largest absolute Gasteiger partial charge is 0.490 e. The van der Waals surface area contributed by atoms with E-state index in [1.54, 1.807) is 0 Å². The summed E-state index contributed by atoms with van der Waals surface area (Å²) in [5.41, 5.74) is 0.831. The highest BCUT2D eigenvalue weighted by Gasteiger charge is 2.24. The Morgan fingerprint density at radius 3 is 3.06 bits per heavy atom. The molecule has 1 aliphatic carbocycles. The predicted molar refractivity (Wildman–Crippen MR) is 64.0 cm³/mol. The van der Waals surface area contributed by atoms with E-state index in [0.717, 1.165) is 30.6 Å². The van der Waals surface area contributed by atoms with Crippen LogP contribution in [0.3, 0.4) is 0 Å². The summed E-state index contributed by atoms with van der Waals surface area (Å²) < 4.78 is 5.88. The van der Waals surface area contributed by atoms with Crippen LogP contribution in [-0.2, 0) is 9.53 Å². The monoisotopic (exact) mass is 220 g/mol. The minimum absolute atomic E-state index is 0.205. The molecule has 16 heavy (non-hydrogen) atoms. The van der Waals surface area contributed by atoms with Crippen molar-refractivity contribution in [1.82, 2.24) is 0 Å². The van der Waals surface area contributed by atoms with Gasteiger partial charge in [-0.15, -0.1) is 0 Å². The molecule has 1 unspecified atom stereocenters. The zero-order valence-corrected chi connectivity index (χ0v) is 10.00. The number of hydrogen-bond donors (Lipinski definition) is 0. The van der Waals surface area contributed by atoms with E-state index in [0.29, 0.717) is 6.42 Å². The molecule has 2 nitrogen and oxygen atoms in total. The van der Waals surface area contributed by atoms with E-state index in [2.05, 4.69) is 13.0 Å². The molecule has 0 N–H and O–H groups in total. The van der Waals surface area contributed by atoms with Crippen LogP contribution in [0.25, 0.3) is 0 Å². The third-order valence-corrected chi connectivity index (χ3v) is 3.27. The molecule has 0 fully saturated rings. The van der Waals surface area contributed by atoms with Crippen molar-refractivity contribution < 1.29 is 9.53 Å². The van der Waals surface area contributed by atoms with Gasteiger partial charge in [-0.1, -0.05) is 19.8 Å². The van der Waals surface area contributed by atoms with E-state index in [1.165, 1.54) is 19.3 Å². The van der Waals surface area contributed by atoms with E-state index < -0.39 is 0 Å². The summed E-state index contributed by atoms with van der Waals surface area (Å²) in [7, 11) is 0. The molecule has 0 radical (unpaired) electrons. The highest BCUT2D eigenvalue weighted by atomic mass is 16.5. The molecule has 0 aromatic rings. The average molecular weight is 220 g/mol. The fourth-order valence-electron chi connectivity index (χ4n) is 2.32. The number of rotatable bonds is 4. The summed E-state index contributed by atoms with van der Waals surface area (Å²) >= 11 is 0. The first-order chi connectivity index (χ1) is 7.81. The van der Waals surface area contributed by atoms with Crippen LogP contribution in [0.5, 0.6) is 0 Å². The zero-order chi connectivity index (χ0) is 11.4. The normalized spacial score (nSPS) is 24.3. The van der Waals surface area contributed by atoms with Crippen LogP contribution < -0.4 is 0 Å². The molecule has 0 amide bonds. The quantitative estimate of drug-likeness (QED) is 0.677.